The molecular weight excluding hydrogens is 621 g/mol. The van der Waals surface area contributed by atoms with Crippen LogP contribution in [-0.4, -0.2) is 17.0 Å². The maximum atomic E-state index is 11.8. The van der Waals surface area contributed by atoms with Gasteiger partial charge in [-0.25, -0.2) is 4.98 Å². The molecular formula is C42H28N6O2. The van der Waals surface area contributed by atoms with Gasteiger partial charge in [0.1, 0.15) is 41.0 Å². The van der Waals surface area contributed by atoms with E-state index in [9.17, 15) is 25.8 Å². The van der Waals surface area contributed by atoms with Crippen LogP contribution in [-0.2, 0) is 0 Å². The third kappa shape index (κ3) is 5.77. The van der Waals surface area contributed by atoms with Crippen LogP contribution in [0.15, 0.2) is 129 Å². The number of benzene rings is 3. The summed E-state index contributed by atoms with van der Waals surface area (Å²) in [6, 6.07) is 33.5. The third-order valence-electron chi connectivity index (χ3n) is 9.86. The van der Waals surface area contributed by atoms with E-state index in [2.05, 4.69) is 29.2 Å². The normalized spacial score (nSPS) is 19.4. The number of aromatic nitrogens is 1. The van der Waals surface area contributed by atoms with Crippen LogP contribution in [0.4, 0.5) is 5.69 Å². The van der Waals surface area contributed by atoms with Crippen molar-refractivity contribution >= 4 is 39.8 Å². The summed E-state index contributed by atoms with van der Waals surface area (Å²) in [6.45, 7) is 1.52. The molecule has 4 unspecified atom stereocenters. The van der Waals surface area contributed by atoms with Crippen molar-refractivity contribution in [2.24, 2.45) is 22.7 Å². The van der Waals surface area contributed by atoms with E-state index in [1.54, 1.807) is 42.6 Å². The summed E-state index contributed by atoms with van der Waals surface area (Å²) in [5, 5.41) is 41.0. The first-order valence-corrected chi connectivity index (χ1v) is 16.2. The molecule has 5 aromatic rings. The van der Waals surface area contributed by atoms with E-state index in [4.69, 9.17) is 9.41 Å². The summed E-state index contributed by atoms with van der Waals surface area (Å²) in [4.78, 5) is 21.0. The minimum atomic E-state index is -0.251. The van der Waals surface area contributed by atoms with Crippen molar-refractivity contribution in [3.63, 3.8) is 0 Å². The van der Waals surface area contributed by atoms with Gasteiger partial charge in [0.25, 0.3) is 0 Å². The summed E-state index contributed by atoms with van der Waals surface area (Å²) in [6.07, 6.45) is 8.49. The molecule has 8 nitrogen and oxygen atoms in total. The van der Waals surface area contributed by atoms with Crippen LogP contribution in [0.25, 0.3) is 33.2 Å². The van der Waals surface area contributed by atoms with E-state index < -0.39 is 0 Å². The number of rotatable bonds is 7. The first-order chi connectivity index (χ1) is 24.4. The van der Waals surface area contributed by atoms with E-state index in [0.29, 0.717) is 17.0 Å². The second kappa shape index (κ2) is 13.3. The molecule has 8 heteroatoms. The smallest absolute Gasteiger partial charge is 0.227 e. The van der Waals surface area contributed by atoms with Gasteiger partial charge in [0, 0.05) is 28.7 Å². The monoisotopic (exact) mass is 648 g/mol. The highest BCUT2D eigenvalue weighted by Gasteiger charge is 2.47. The Labute approximate surface area is 288 Å². The quantitative estimate of drug-likeness (QED) is 0.0969. The number of nitrogens with zero attached hydrogens (tertiary/aromatic N) is 6. The Morgan fingerprint density at radius 3 is 2.30 bits per heavy atom. The van der Waals surface area contributed by atoms with Crippen LogP contribution >= 0.6 is 0 Å². The van der Waals surface area contributed by atoms with E-state index in [-0.39, 0.29) is 40.6 Å². The second-order valence-corrected chi connectivity index (χ2v) is 12.5. The molecule has 0 aliphatic heterocycles. The zero-order chi connectivity index (χ0) is 34.8. The summed E-state index contributed by atoms with van der Waals surface area (Å²) in [5.41, 5.74) is 7.31. The van der Waals surface area contributed by atoms with Crippen molar-refractivity contribution in [2.75, 3.05) is 0 Å². The van der Waals surface area contributed by atoms with Crippen molar-refractivity contribution < 1.29 is 9.21 Å². The Hall–Kier alpha value is -6.87. The molecule has 2 heterocycles. The van der Waals surface area contributed by atoms with Gasteiger partial charge in [-0.05, 0) is 126 Å². The van der Waals surface area contributed by atoms with Gasteiger partial charge in [0.2, 0.25) is 5.71 Å². The van der Waals surface area contributed by atoms with Crippen molar-refractivity contribution in [3.8, 4) is 35.4 Å². The molecule has 0 saturated heterocycles. The number of carbonyl (C=O) groups is 1. The molecule has 8 rings (SSSR count). The fourth-order valence-electron chi connectivity index (χ4n) is 7.60. The van der Waals surface area contributed by atoms with Gasteiger partial charge in [0.05, 0.1) is 5.69 Å². The van der Waals surface area contributed by atoms with Gasteiger partial charge in [0.15, 0.2) is 5.78 Å². The van der Waals surface area contributed by atoms with Crippen LogP contribution in [0.2, 0.25) is 0 Å². The number of furan rings is 1. The number of Topliss-reactive ketones (excluding diaryl/α,β-unsaturated/α-hetero) is 1. The predicted molar refractivity (Wildman–Crippen MR) is 190 cm³/mol. The Kier molecular flexibility index (Phi) is 8.45. The van der Waals surface area contributed by atoms with Gasteiger partial charge in [-0.15, -0.1) is 0 Å². The number of carbonyl (C=O) groups excluding carboxylic acids is 1. The molecule has 0 radical (unpaired) electrons. The van der Waals surface area contributed by atoms with Crippen molar-refractivity contribution in [1.29, 1.82) is 21.0 Å². The van der Waals surface area contributed by atoms with Crippen LogP contribution < -0.4 is 0 Å². The van der Waals surface area contributed by atoms with Gasteiger partial charge in [-0.2, -0.15) is 21.0 Å². The summed E-state index contributed by atoms with van der Waals surface area (Å²) in [5.74, 6) is -0.685. The lowest BCUT2D eigenvalue weighted by molar-refractivity contribution is 0.101. The van der Waals surface area contributed by atoms with Crippen molar-refractivity contribution in [2.45, 2.75) is 25.7 Å². The molecule has 50 heavy (non-hydrogen) atoms. The number of hydrogen-bond acceptors (Lipinski definition) is 8. The molecule has 0 N–H and O–H groups in total. The van der Waals surface area contributed by atoms with Gasteiger partial charge >= 0.3 is 0 Å². The van der Waals surface area contributed by atoms with Crippen molar-refractivity contribution in [1.82, 2.24) is 4.98 Å². The maximum absolute atomic E-state index is 11.8. The highest BCUT2D eigenvalue weighted by Crippen LogP contribution is 2.57. The molecule has 1 fully saturated rings. The topological polar surface area (TPSA) is 151 Å². The highest BCUT2D eigenvalue weighted by atomic mass is 16.3. The first-order valence-electron chi connectivity index (χ1n) is 16.2. The first kappa shape index (κ1) is 31.7. The Balaban J connectivity index is 1.36. The van der Waals surface area contributed by atoms with Gasteiger partial charge < -0.3 is 4.42 Å². The van der Waals surface area contributed by atoms with Crippen LogP contribution in [0, 0.1) is 63.1 Å². The minimum Gasteiger partial charge on any atom is -0.438 e. The average molecular weight is 649 g/mol. The molecule has 0 spiro atoms. The SMILES string of the molecule is CC(=O)c1ccc(N=CC2=C(C=C(C#N)C#N)C3CCC2C(c2cccc(-c4ccc5c(c4)oc4ncccc45)c2)C3C=C(C#N)C#N)cc1. The minimum absolute atomic E-state index is 0.0255. The lowest BCUT2D eigenvalue weighted by atomic mass is 9.54. The molecule has 3 aliphatic carbocycles. The Morgan fingerprint density at radius 2 is 1.56 bits per heavy atom. The highest BCUT2D eigenvalue weighted by molar-refractivity contribution is 6.04. The fourth-order valence-corrected chi connectivity index (χ4v) is 7.60. The molecule has 0 amide bonds. The predicted octanol–water partition coefficient (Wildman–Crippen LogP) is 9.24. The van der Waals surface area contributed by atoms with Crippen LogP contribution in [0.3, 0.4) is 0 Å². The zero-order valence-electron chi connectivity index (χ0n) is 27.0. The lowest BCUT2D eigenvalue weighted by Crippen LogP contribution is -2.40. The number of ketones is 1. The molecule has 4 atom stereocenters. The largest absolute Gasteiger partial charge is 0.438 e. The molecule has 3 aromatic carbocycles. The van der Waals surface area contributed by atoms with Crippen LogP contribution in [0.5, 0.6) is 0 Å². The fraction of sp³-hybridized carbons (Fsp3) is 0.167. The van der Waals surface area contributed by atoms with E-state index in [0.717, 1.165) is 57.0 Å². The van der Waals surface area contributed by atoms with Gasteiger partial charge in [-0.3, -0.25) is 9.79 Å². The average Bonchev–Trinajstić information content (AvgIpc) is 3.53. The molecule has 3 aliphatic rings. The number of allylic oxidation sites excluding steroid dienone is 6. The molecule has 2 bridgehead atoms. The molecule has 2 aromatic heterocycles. The lowest BCUT2D eigenvalue weighted by Gasteiger charge is -2.49. The Bertz CT molecular complexity index is 2460. The summed E-state index contributed by atoms with van der Waals surface area (Å²) in [7, 11) is 0. The second-order valence-electron chi connectivity index (χ2n) is 12.5. The summed E-state index contributed by atoms with van der Waals surface area (Å²) >= 11 is 0. The summed E-state index contributed by atoms with van der Waals surface area (Å²) < 4.78 is 6.08. The maximum Gasteiger partial charge on any atom is 0.227 e. The zero-order valence-corrected chi connectivity index (χ0v) is 27.0. The number of nitriles is 4. The number of pyridine rings is 1. The van der Waals surface area contributed by atoms with Crippen molar-refractivity contribution in [3.05, 3.63) is 131 Å². The standard InChI is InChI=1S/C42H28N6O2/c1-25(49)28-7-10-32(11-8-28)48-24-39-35-14-13-33(37(39)16-26(20-43)21-44)38(17-27(22-45)23-46)41(35)31-5-2-4-29(18-31)30-9-12-34-36-6-3-15-47-42(36)50-40(34)19-30/h2-12,15-19,24,33,35,38,41H,13-14H2,1H3. The van der Waals surface area contributed by atoms with E-state index in [1.165, 1.54) is 6.92 Å². The van der Waals surface area contributed by atoms with Gasteiger partial charge in [-0.1, -0.05) is 36.4 Å². The third-order valence-corrected chi connectivity index (χ3v) is 9.86. The number of aliphatic imine (C=N–C) groups is 1. The number of fused-ring (bicyclic) bond motifs is 5. The van der Waals surface area contributed by atoms with Crippen LogP contribution in [0.1, 0.15) is 41.6 Å². The Morgan fingerprint density at radius 1 is 0.820 bits per heavy atom. The molecule has 1 saturated carbocycles. The molecule has 238 valence electrons. The van der Waals surface area contributed by atoms with E-state index >= 15 is 0 Å². The van der Waals surface area contributed by atoms with E-state index in [1.807, 2.05) is 60.8 Å². The number of hydrogen-bond donors (Lipinski definition) is 0.